The number of benzene rings is 1. The average molecular weight is 877 g/mol. The van der Waals surface area contributed by atoms with E-state index in [1.165, 1.54) is 6.07 Å². The molecule has 0 aliphatic carbocycles. The third-order valence-electron chi connectivity index (χ3n) is 11.3. The quantitative estimate of drug-likeness (QED) is 0.0960. The third kappa shape index (κ3) is 12.4. The van der Waals surface area contributed by atoms with Gasteiger partial charge >= 0.3 is 11.9 Å². The van der Waals surface area contributed by atoms with Crippen molar-refractivity contribution < 1.29 is 49.3 Å². The number of carbonyl (C=O) groups is 3. The van der Waals surface area contributed by atoms with E-state index in [1.54, 1.807) is 24.5 Å². The highest BCUT2D eigenvalue weighted by Crippen LogP contribution is 2.35. The number of phenolic OH excluding ortho intramolecular Hbond substituents is 1. The highest BCUT2D eigenvalue weighted by molar-refractivity contribution is 5.98. The number of esters is 2. The number of phenols is 1. The van der Waals surface area contributed by atoms with Gasteiger partial charge in [-0.1, -0.05) is 6.07 Å². The normalized spacial score (nSPS) is 20.1. The van der Waals surface area contributed by atoms with Gasteiger partial charge < -0.3 is 33.5 Å². The summed E-state index contributed by atoms with van der Waals surface area (Å²) < 4.78 is 38.8. The molecule has 6 heterocycles. The highest BCUT2D eigenvalue weighted by atomic mass is 16.5. The van der Waals surface area contributed by atoms with Gasteiger partial charge in [-0.2, -0.15) is 15.3 Å². The lowest BCUT2D eigenvalue weighted by atomic mass is 9.85. The summed E-state index contributed by atoms with van der Waals surface area (Å²) in [6.45, 7) is 20.9. The first kappa shape index (κ1) is 48.7. The molecule has 2 saturated heterocycles. The molecule has 3 aromatic heterocycles. The van der Waals surface area contributed by atoms with Crippen LogP contribution in [0.2, 0.25) is 0 Å². The lowest BCUT2D eigenvalue weighted by molar-refractivity contribution is -0.152. The van der Waals surface area contributed by atoms with Crippen molar-refractivity contribution in [3.63, 3.8) is 0 Å². The molecule has 4 aromatic rings. The van der Waals surface area contributed by atoms with Crippen LogP contribution < -0.4 is 4.74 Å². The van der Waals surface area contributed by atoms with E-state index in [9.17, 15) is 19.5 Å². The van der Waals surface area contributed by atoms with Crippen molar-refractivity contribution in [3.05, 3.63) is 83.2 Å². The number of ether oxygens (including phenoxy) is 6. The number of hydrogen-bond acceptors (Lipinski definition) is 13. The minimum atomic E-state index is -0.239. The van der Waals surface area contributed by atoms with Crippen LogP contribution in [-0.4, -0.2) is 112 Å². The Hall–Kier alpha value is -5.32. The van der Waals surface area contributed by atoms with Crippen LogP contribution >= 0.6 is 0 Å². The molecule has 16 nitrogen and oxygen atoms in total. The second-order valence-corrected chi connectivity index (χ2v) is 16.5. The number of nitrogens with zero attached hydrogens (tertiary/aromatic N) is 6. The smallest absolute Gasteiger partial charge is 0.334 e. The third-order valence-corrected chi connectivity index (χ3v) is 11.3. The van der Waals surface area contributed by atoms with E-state index in [1.807, 2.05) is 52.3 Å². The number of aromatic nitrogens is 6. The maximum atomic E-state index is 12.1. The molecule has 3 aliphatic rings. The summed E-state index contributed by atoms with van der Waals surface area (Å²) in [7, 11) is 0. The largest absolute Gasteiger partial charge is 0.507 e. The van der Waals surface area contributed by atoms with Gasteiger partial charge in [-0.05, 0) is 98.6 Å². The second kappa shape index (κ2) is 23.9. The van der Waals surface area contributed by atoms with Crippen molar-refractivity contribution in [1.29, 1.82) is 0 Å². The monoisotopic (exact) mass is 876 g/mol. The fourth-order valence-corrected chi connectivity index (χ4v) is 8.17. The molecule has 1 aromatic carbocycles. The summed E-state index contributed by atoms with van der Waals surface area (Å²) in [5.74, 6) is 0.358. The molecule has 7 rings (SSSR count). The fourth-order valence-electron chi connectivity index (χ4n) is 8.17. The molecule has 346 valence electrons. The van der Waals surface area contributed by atoms with E-state index < -0.39 is 0 Å². The van der Waals surface area contributed by atoms with Crippen LogP contribution in [0.15, 0.2) is 60.6 Å². The first-order chi connectivity index (χ1) is 30.4. The van der Waals surface area contributed by atoms with E-state index >= 15 is 0 Å². The number of carbonyl (C=O) groups excluding carboxylic acids is 3. The molecule has 1 N–H and O–H groups in total. The van der Waals surface area contributed by atoms with Crippen molar-refractivity contribution >= 4 is 23.8 Å². The zero-order chi connectivity index (χ0) is 45.5. The number of hydrogen-bond donors (Lipinski definition) is 1. The summed E-state index contributed by atoms with van der Waals surface area (Å²) in [6, 6.07) is 11.6. The summed E-state index contributed by atoms with van der Waals surface area (Å²) in [5.41, 5.74) is 4.96. The molecule has 0 spiro atoms. The molecule has 0 bridgehead atoms. The highest BCUT2D eigenvalue weighted by Gasteiger charge is 2.36. The average Bonchev–Trinajstić information content (AvgIpc) is 4.09. The van der Waals surface area contributed by atoms with Crippen LogP contribution in [0.3, 0.4) is 0 Å². The van der Waals surface area contributed by atoms with E-state index in [0.717, 1.165) is 34.6 Å². The fraction of sp³-hybridized carbons (Fsp3) is 0.574. The van der Waals surface area contributed by atoms with Gasteiger partial charge in [0.1, 0.15) is 11.5 Å². The molecule has 16 heteroatoms. The van der Waals surface area contributed by atoms with E-state index in [0.29, 0.717) is 84.3 Å². The molecule has 0 saturated carbocycles. The lowest BCUT2D eigenvalue weighted by Gasteiger charge is -2.32. The predicted octanol–water partition coefficient (Wildman–Crippen LogP) is 7.78. The van der Waals surface area contributed by atoms with Crippen LogP contribution in [0, 0.1) is 11.8 Å². The maximum absolute atomic E-state index is 12.1. The second-order valence-electron chi connectivity index (χ2n) is 16.5. The van der Waals surface area contributed by atoms with Crippen molar-refractivity contribution in [3.8, 4) is 11.5 Å². The van der Waals surface area contributed by atoms with Gasteiger partial charge in [0.2, 0.25) is 0 Å². The Bertz CT molecular complexity index is 2110. The maximum Gasteiger partial charge on any atom is 0.334 e. The minimum Gasteiger partial charge on any atom is -0.507 e. The van der Waals surface area contributed by atoms with Gasteiger partial charge in [0.05, 0.1) is 63.4 Å². The molecule has 0 amide bonds. The first-order valence-electron chi connectivity index (χ1n) is 22.2. The van der Waals surface area contributed by atoms with Gasteiger partial charge in [0, 0.05) is 98.1 Å². The Morgan fingerprint density at radius 2 is 1.40 bits per heavy atom. The molecule has 0 radical (unpaired) electrons. The SMILES string of the molecule is CC(C)n1nccc1[C@H]1COCC[C@H]1COc1cccc(O)c1C=O.CCOC(=O)C1=C(c2ccnn2C(C)C)COCC1.CCOC(=O)[C@@H]1CCOC[C@@H]1c1ccnn1C(C)C.[HH]. The van der Waals surface area contributed by atoms with Gasteiger partial charge in [-0.25, -0.2) is 4.79 Å². The molecule has 4 atom stereocenters. The van der Waals surface area contributed by atoms with Crippen molar-refractivity contribution in [1.82, 2.24) is 29.3 Å². The van der Waals surface area contributed by atoms with Gasteiger partial charge in [-0.15, -0.1) is 0 Å². The molecule has 2 fully saturated rings. The summed E-state index contributed by atoms with van der Waals surface area (Å²) in [6.07, 6.45) is 8.17. The lowest BCUT2D eigenvalue weighted by Crippen LogP contribution is -2.34. The van der Waals surface area contributed by atoms with Gasteiger partial charge in [-0.3, -0.25) is 23.6 Å². The molecule has 63 heavy (non-hydrogen) atoms. The van der Waals surface area contributed by atoms with Crippen LogP contribution in [0.25, 0.3) is 5.57 Å². The number of aromatic hydroxyl groups is 1. The predicted molar refractivity (Wildman–Crippen MR) is 238 cm³/mol. The Labute approximate surface area is 372 Å². The van der Waals surface area contributed by atoms with Crippen molar-refractivity contribution in [2.75, 3.05) is 59.5 Å². The van der Waals surface area contributed by atoms with Crippen LogP contribution in [-0.2, 0) is 33.3 Å². The minimum absolute atomic E-state index is 0. The Balaban J connectivity index is 0.000000212. The Morgan fingerprint density at radius 3 is 2.03 bits per heavy atom. The first-order valence-corrected chi connectivity index (χ1v) is 22.2. The molecule has 0 unspecified atom stereocenters. The summed E-state index contributed by atoms with van der Waals surface area (Å²) >= 11 is 0. The van der Waals surface area contributed by atoms with Gasteiger partial charge in [0.25, 0.3) is 0 Å². The Morgan fingerprint density at radius 1 is 0.794 bits per heavy atom. The van der Waals surface area contributed by atoms with Crippen molar-refractivity contribution in [2.45, 2.75) is 105 Å². The van der Waals surface area contributed by atoms with Crippen LogP contribution in [0.1, 0.15) is 133 Å². The number of rotatable bonds is 14. The summed E-state index contributed by atoms with van der Waals surface area (Å²) in [5, 5.41) is 22.9. The van der Waals surface area contributed by atoms with E-state index in [-0.39, 0.29) is 66.5 Å². The van der Waals surface area contributed by atoms with E-state index in [2.05, 4.69) is 56.8 Å². The standard InChI is InChI=1S/C19H24N2O4.C14H22N2O3.C14H20N2O3.H2/c1-13(2)21-17(6-8-20-21)16-12-24-9-7-14(16)11-25-19-5-3-4-18(23)15(19)10-22;2*1-4-19-14(17)11-6-8-18-9-12(11)13-5-7-15-16(13)10(2)3;/h3-6,8,10,13-14,16,23H,7,9,11-12H2,1-2H3;5,7,10-12H,4,6,8-9H2,1-3H3;5,7,10H,4,6,8-9H2,1-3H3;1H/t14-,16-;11-,12+;;/m01../s1. The molecular formula is C47H68N6O10. The van der Waals surface area contributed by atoms with Gasteiger partial charge in [0.15, 0.2) is 6.29 Å². The van der Waals surface area contributed by atoms with E-state index in [4.69, 9.17) is 28.4 Å². The molecular weight excluding hydrogens is 809 g/mol. The zero-order valence-electron chi connectivity index (χ0n) is 38.1. The van der Waals surface area contributed by atoms with Crippen LogP contribution in [0.4, 0.5) is 0 Å². The van der Waals surface area contributed by atoms with Crippen LogP contribution in [0.5, 0.6) is 11.5 Å². The van der Waals surface area contributed by atoms with Crippen molar-refractivity contribution in [2.24, 2.45) is 11.8 Å². The topological polar surface area (TPSA) is 180 Å². The Kier molecular flexibility index (Phi) is 18.5. The number of aldehydes is 1. The summed E-state index contributed by atoms with van der Waals surface area (Å²) in [4.78, 5) is 35.3. The zero-order valence-corrected chi connectivity index (χ0v) is 38.1. The molecule has 3 aliphatic heterocycles.